The smallest absolute Gasteiger partial charge is 0.246 e. The van der Waals surface area contributed by atoms with E-state index in [2.05, 4.69) is 25.5 Å². The minimum absolute atomic E-state index is 0.0917. The summed E-state index contributed by atoms with van der Waals surface area (Å²) in [6.45, 7) is 1.35. The molecule has 0 aliphatic carbocycles. The Morgan fingerprint density at radius 2 is 1.70 bits per heavy atom. The first-order chi connectivity index (χ1) is 18.0. The highest BCUT2D eigenvalue weighted by Gasteiger charge is 2.30. The largest absolute Gasteiger partial charge is 0.399 e. The number of aliphatic hydroxyl groups excluding tert-OH is 1. The number of hydrogen-bond donors (Lipinski definition) is 4. The number of nitrogens with two attached hydrogens (primary N) is 1. The lowest BCUT2D eigenvalue weighted by atomic mass is 9.99. The molecule has 1 saturated heterocycles. The predicted molar refractivity (Wildman–Crippen MR) is 146 cm³/mol. The van der Waals surface area contributed by atoms with Gasteiger partial charge in [-0.15, -0.1) is 0 Å². The zero-order valence-electron chi connectivity index (χ0n) is 20.4. The SMILES string of the molecule is Nc1cccc(Nc2nccc(-c3ccc(NC(=O)C(c4ccccc4)N4CCC(O)CC4)cc3)n2)c1. The zero-order chi connectivity index (χ0) is 25.6. The Morgan fingerprint density at radius 1 is 0.946 bits per heavy atom. The Balaban J connectivity index is 1.30. The van der Waals surface area contributed by atoms with Crippen molar-refractivity contribution in [3.63, 3.8) is 0 Å². The van der Waals surface area contributed by atoms with Crippen LogP contribution in [0.1, 0.15) is 24.4 Å². The maximum atomic E-state index is 13.4. The van der Waals surface area contributed by atoms with Crippen LogP contribution in [0.3, 0.4) is 0 Å². The molecule has 0 saturated carbocycles. The number of carbonyl (C=O) groups is 1. The number of aliphatic hydroxyl groups is 1. The van der Waals surface area contributed by atoms with Crippen molar-refractivity contribution in [2.45, 2.75) is 25.0 Å². The summed E-state index contributed by atoms with van der Waals surface area (Å²) in [7, 11) is 0. The molecule has 0 radical (unpaired) electrons. The summed E-state index contributed by atoms with van der Waals surface area (Å²) >= 11 is 0. The van der Waals surface area contributed by atoms with E-state index in [0.29, 0.717) is 43.3 Å². The molecule has 4 aromatic rings. The molecule has 5 rings (SSSR count). The molecule has 8 heteroatoms. The van der Waals surface area contributed by atoms with Crippen LogP contribution in [0.5, 0.6) is 0 Å². The molecule has 5 N–H and O–H groups in total. The van der Waals surface area contributed by atoms with E-state index in [1.54, 1.807) is 6.20 Å². The Labute approximate surface area is 216 Å². The number of rotatable bonds is 7. The first-order valence-electron chi connectivity index (χ1n) is 12.4. The monoisotopic (exact) mass is 494 g/mol. The van der Waals surface area contributed by atoms with Gasteiger partial charge in [-0.1, -0.05) is 48.5 Å². The van der Waals surface area contributed by atoms with Gasteiger partial charge in [0, 0.05) is 41.9 Å². The molecule has 1 aromatic heterocycles. The third-order valence-electron chi connectivity index (χ3n) is 6.47. The fourth-order valence-electron chi connectivity index (χ4n) is 4.57. The Kier molecular flexibility index (Phi) is 7.39. The molecule has 0 spiro atoms. The fraction of sp³-hybridized carbons (Fsp3) is 0.207. The number of amides is 1. The summed E-state index contributed by atoms with van der Waals surface area (Å²) in [6.07, 6.45) is 2.73. The quantitative estimate of drug-likeness (QED) is 0.277. The van der Waals surface area contributed by atoms with E-state index in [4.69, 9.17) is 5.73 Å². The molecule has 8 nitrogen and oxygen atoms in total. The number of aromatic nitrogens is 2. The van der Waals surface area contributed by atoms with Crippen LogP contribution in [0.15, 0.2) is 91.1 Å². The molecule has 1 atom stereocenters. The molecule has 1 unspecified atom stereocenters. The summed E-state index contributed by atoms with van der Waals surface area (Å²) < 4.78 is 0. The number of benzene rings is 3. The molecular weight excluding hydrogens is 464 g/mol. The van der Waals surface area contributed by atoms with Crippen LogP contribution in [0.4, 0.5) is 23.0 Å². The van der Waals surface area contributed by atoms with Crippen molar-refractivity contribution < 1.29 is 9.90 Å². The van der Waals surface area contributed by atoms with Crippen molar-refractivity contribution in [1.29, 1.82) is 0 Å². The zero-order valence-corrected chi connectivity index (χ0v) is 20.4. The third-order valence-corrected chi connectivity index (χ3v) is 6.47. The number of carbonyl (C=O) groups excluding carboxylic acids is 1. The third kappa shape index (κ3) is 6.11. The van der Waals surface area contributed by atoms with E-state index >= 15 is 0 Å². The summed E-state index contributed by atoms with van der Waals surface area (Å²) in [4.78, 5) is 24.5. The fourth-order valence-corrected chi connectivity index (χ4v) is 4.57. The van der Waals surface area contributed by atoms with Gasteiger partial charge in [0.25, 0.3) is 0 Å². The van der Waals surface area contributed by atoms with Crippen LogP contribution >= 0.6 is 0 Å². The van der Waals surface area contributed by atoms with Crippen LogP contribution in [-0.4, -0.2) is 45.1 Å². The molecule has 1 aliphatic heterocycles. The Bertz CT molecular complexity index is 1340. The van der Waals surface area contributed by atoms with E-state index in [9.17, 15) is 9.90 Å². The van der Waals surface area contributed by atoms with Crippen molar-refractivity contribution in [2.24, 2.45) is 0 Å². The van der Waals surface area contributed by atoms with Gasteiger partial charge in [0.15, 0.2) is 0 Å². The second-order valence-electron chi connectivity index (χ2n) is 9.16. The highest BCUT2D eigenvalue weighted by molar-refractivity contribution is 5.95. The first kappa shape index (κ1) is 24.4. The Hall–Kier alpha value is -4.27. The molecule has 2 heterocycles. The highest BCUT2D eigenvalue weighted by atomic mass is 16.3. The van der Waals surface area contributed by atoms with Gasteiger partial charge in [-0.05, 0) is 54.8 Å². The van der Waals surface area contributed by atoms with Gasteiger partial charge in [0.05, 0.1) is 11.8 Å². The highest BCUT2D eigenvalue weighted by Crippen LogP contribution is 2.27. The Morgan fingerprint density at radius 3 is 2.43 bits per heavy atom. The second-order valence-corrected chi connectivity index (χ2v) is 9.16. The van der Waals surface area contributed by atoms with Crippen LogP contribution in [0, 0.1) is 0 Å². The van der Waals surface area contributed by atoms with Gasteiger partial charge in [-0.2, -0.15) is 0 Å². The average molecular weight is 495 g/mol. The maximum absolute atomic E-state index is 13.4. The topological polar surface area (TPSA) is 116 Å². The first-order valence-corrected chi connectivity index (χ1v) is 12.4. The number of nitrogens with zero attached hydrogens (tertiary/aromatic N) is 3. The number of piperidine rings is 1. The van der Waals surface area contributed by atoms with Crippen LogP contribution in [-0.2, 0) is 4.79 Å². The maximum Gasteiger partial charge on any atom is 0.246 e. The van der Waals surface area contributed by atoms with Gasteiger partial charge in [0.1, 0.15) is 6.04 Å². The molecule has 1 aliphatic rings. The van der Waals surface area contributed by atoms with Gasteiger partial charge in [-0.3, -0.25) is 9.69 Å². The van der Waals surface area contributed by atoms with Crippen molar-refractivity contribution in [3.8, 4) is 11.3 Å². The molecule has 1 fully saturated rings. The van der Waals surface area contributed by atoms with Crippen LogP contribution in [0.2, 0.25) is 0 Å². The number of anilines is 4. The lowest BCUT2D eigenvalue weighted by Gasteiger charge is -2.35. The number of hydrogen-bond acceptors (Lipinski definition) is 7. The van der Waals surface area contributed by atoms with E-state index in [1.807, 2.05) is 84.9 Å². The minimum atomic E-state index is -0.420. The standard InChI is InChI=1S/C29H30N6O2/c30-22-7-4-8-24(19-22)33-29-31-16-13-26(34-29)20-9-11-23(12-10-20)32-28(37)27(21-5-2-1-3-6-21)35-17-14-25(36)15-18-35/h1-13,16,19,25,27,36H,14-15,17-18,30H2,(H,32,37)(H,31,33,34). The molecule has 37 heavy (non-hydrogen) atoms. The number of nitrogens with one attached hydrogen (secondary N) is 2. The summed E-state index contributed by atoms with van der Waals surface area (Å²) in [5, 5.41) is 16.2. The van der Waals surface area contributed by atoms with E-state index in [1.165, 1.54) is 0 Å². The van der Waals surface area contributed by atoms with Crippen molar-refractivity contribution in [3.05, 3.63) is 96.7 Å². The normalized spacial score (nSPS) is 15.2. The molecule has 3 aromatic carbocycles. The molecule has 1 amide bonds. The average Bonchev–Trinajstić information content (AvgIpc) is 2.91. The molecule has 188 valence electrons. The van der Waals surface area contributed by atoms with Gasteiger partial charge >= 0.3 is 0 Å². The van der Waals surface area contributed by atoms with Gasteiger partial charge < -0.3 is 21.5 Å². The predicted octanol–water partition coefficient (Wildman–Crippen LogP) is 4.61. The second kappa shape index (κ2) is 11.2. The molecule has 0 bridgehead atoms. The van der Waals surface area contributed by atoms with Crippen molar-refractivity contribution in [1.82, 2.24) is 14.9 Å². The van der Waals surface area contributed by atoms with E-state index in [0.717, 1.165) is 22.5 Å². The lowest BCUT2D eigenvalue weighted by molar-refractivity contribution is -0.122. The van der Waals surface area contributed by atoms with E-state index in [-0.39, 0.29) is 12.0 Å². The lowest BCUT2D eigenvalue weighted by Crippen LogP contribution is -2.43. The van der Waals surface area contributed by atoms with Gasteiger partial charge in [0.2, 0.25) is 11.9 Å². The number of likely N-dealkylation sites (tertiary alicyclic amines) is 1. The minimum Gasteiger partial charge on any atom is -0.399 e. The summed E-state index contributed by atoms with van der Waals surface area (Å²) in [5.74, 6) is 0.379. The summed E-state index contributed by atoms with van der Waals surface area (Å²) in [6, 6.07) is 26.2. The summed E-state index contributed by atoms with van der Waals surface area (Å²) in [5.41, 5.74) is 10.6. The van der Waals surface area contributed by atoms with Crippen LogP contribution in [0.25, 0.3) is 11.3 Å². The van der Waals surface area contributed by atoms with Crippen molar-refractivity contribution in [2.75, 3.05) is 29.5 Å². The molecular formula is C29H30N6O2. The van der Waals surface area contributed by atoms with Crippen molar-refractivity contribution >= 4 is 28.9 Å². The number of nitrogen functional groups attached to an aromatic ring is 1. The van der Waals surface area contributed by atoms with E-state index < -0.39 is 6.04 Å². The van der Waals surface area contributed by atoms with Crippen LogP contribution < -0.4 is 16.4 Å². The van der Waals surface area contributed by atoms with Gasteiger partial charge in [-0.25, -0.2) is 9.97 Å².